The van der Waals surface area contributed by atoms with Crippen molar-refractivity contribution < 1.29 is 4.52 Å². The highest BCUT2D eigenvalue weighted by Crippen LogP contribution is 2.26. The molecule has 0 fully saturated rings. The summed E-state index contributed by atoms with van der Waals surface area (Å²) >= 11 is 1.49. The molecular weight excluding hydrogens is 326 g/mol. The first-order valence-electron chi connectivity index (χ1n) is 7.74. The van der Waals surface area contributed by atoms with Crippen molar-refractivity contribution >= 4 is 16.3 Å². The molecule has 0 aliphatic rings. The molecule has 4 rings (SSSR count). The summed E-state index contributed by atoms with van der Waals surface area (Å²) in [5.74, 6) is 1.57. The third-order valence-corrected chi connectivity index (χ3v) is 4.99. The van der Waals surface area contributed by atoms with Crippen molar-refractivity contribution in [3.05, 3.63) is 34.6 Å². The summed E-state index contributed by atoms with van der Waals surface area (Å²) in [4.78, 5) is 0.760. The summed E-state index contributed by atoms with van der Waals surface area (Å²) in [6, 6.07) is 2.04. The summed E-state index contributed by atoms with van der Waals surface area (Å²) in [5.41, 5.74) is 3.89. The fraction of sp³-hybridized carbons (Fsp3) is 0.400. The van der Waals surface area contributed by atoms with Crippen LogP contribution in [0.25, 0.3) is 15.7 Å². The molecule has 0 unspecified atom stereocenters. The molecule has 0 bridgehead atoms. The minimum Gasteiger partial charge on any atom is -0.361 e. The minimum atomic E-state index is 0.591. The number of hydrogen-bond acceptors (Lipinski definition) is 7. The van der Waals surface area contributed by atoms with Gasteiger partial charge in [0.2, 0.25) is 4.96 Å². The zero-order valence-corrected chi connectivity index (χ0v) is 14.8. The Morgan fingerprint density at radius 3 is 2.67 bits per heavy atom. The van der Waals surface area contributed by atoms with E-state index in [1.165, 1.54) is 11.3 Å². The Kier molecular flexibility index (Phi) is 3.45. The summed E-state index contributed by atoms with van der Waals surface area (Å²) in [6.45, 7) is 8.79. The second-order valence-corrected chi connectivity index (χ2v) is 6.64. The molecule has 4 aromatic rings. The molecule has 124 valence electrons. The number of hydrogen-bond donors (Lipinski definition) is 0. The van der Waals surface area contributed by atoms with Crippen LogP contribution in [0.1, 0.15) is 35.5 Å². The summed E-state index contributed by atoms with van der Waals surface area (Å²) in [5, 5.41) is 22.6. The van der Waals surface area contributed by atoms with Gasteiger partial charge >= 0.3 is 0 Å². The SMILES string of the molecule is CCn1nc(-c2nn3c(Cc4c(C)noc4C)nnc3s2)cc1C. The van der Waals surface area contributed by atoms with Crippen molar-refractivity contribution in [1.29, 1.82) is 0 Å². The molecule has 0 aliphatic heterocycles. The first-order valence-corrected chi connectivity index (χ1v) is 8.56. The van der Waals surface area contributed by atoms with Crippen molar-refractivity contribution in [3.8, 4) is 10.7 Å². The van der Waals surface area contributed by atoms with E-state index in [-0.39, 0.29) is 0 Å². The van der Waals surface area contributed by atoms with Crippen molar-refractivity contribution in [2.75, 3.05) is 0 Å². The molecule has 0 saturated heterocycles. The zero-order chi connectivity index (χ0) is 16.8. The van der Waals surface area contributed by atoms with Gasteiger partial charge in [0.05, 0.1) is 5.69 Å². The molecule has 0 aromatic carbocycles. The first kappa shape index (κ1) is 15.0. The van der Waals surface area contributed by atoms with E-state index in [1.54, 1.807) is 4.52 Å². The van der Waals surface area contributed by atoms with E-state index in [0.29, 0.717) is 6.42 Å². The van der Waals surface area contributed by atoms with Gasteiger partial charge in [0.1, 0.15) is 11.5 Å². The van der Waals surface area contributed by atoms with Crippen LogP contribution in [0.3, 0.4) is 0 Å². The van der Waals surface area contributed by atoms with Crippen LogP contribution < -0.4 is 0 Å². The van der Waals surface area contributed by atoms with Gasteiger partial charge < -0.3 is 4.52 Å². The number of nitrogens with zero attached hydrogens (tertiary/aromatic N) is 7. The van der Waals surface area contributed by atoms with Gasteiger partial charge in [-0.1, -0.05) is 16.5 Å². The Balaban J connectivity index is 1.73. The van der Waals surface area contributed by atoms with Crippen LogP contribution in [0.4, 0.5) is 0 Å². The Bertz CT molecular complexity index is 1000. The maximum Gasteiger partial charge on any atom is 0.235 e. The molecule has 0 saturated carbocycles. The van der Waals surface area contributed by atoms with E-state index in [4.69, 9.17) is 4.52 Å². The molecule has 8 nitrogen and oxygen atoms in total. The molecular formula is C15H17N7OS. The van der Waals surface area contributed by atoms with E-state index in [9.17, 15) is 0 Å². The average molecular weight is 343 g/mol. The van der Waals surface area contributed by atoms with Gasteiger partial charge in [0.15, 0.2) is 10.8 Å². The van der Waals surface area contributed by atoms with Crippen LogP contribution in [0.5, 0.6) is 0 Å². The maximum atomic E-state index is 5.22. The van der Waals surface area contributed by atoms with Gasteiger partial charge in [-0.25, -0.2) is 0 Å². The fourth-order valence-electron chi connectivity index (χ4n) is 2.72. The summed E-state index contributed by atoms with van der Waals surface area (Å²) in [7, 11) is 0. The summed E-state index contributed by atoms with van der Waals surface area (Å²) < 4.78 is 8.97. The largest absolute Gasteiger partial charge is 0.361 e. The number of aromatic nitrogens is 7. The highest BCUT2D eigenvalue weighted by atomic mass is 32.1. The van der Waals surface area contributed by atoms with E-state index in [2.05, 4.69) is 32.5 Å². The Morgan fingerprint density at radius 1 is 1.17 bits per heavy atom. The first-order chi connectivity index (χ1) is 11.6. The van der Waals surface area contributed by atoms with E-state index < -0.39 is 0 Å². The minimum absolute atomic E-state index is 0.591. The number of aryl methyl sites for hydroxylation is 4. The Morgan fingerprint density at radius 2 is 2.00 bits per heavy atom. The quantitative estimate of drug-likeness (QED) is 0.566. The molecule has 4 heterocycles. The fourth-order valence-corrected chi connectivity index (χ4v) is 3.53. The zero-order valence-electron chi connectivity index (χ0n) is 13.9. The van der Waals surface area contributed by atoms with Gasteiger partial charge in [-0.3, -0.25) is 4.68 Å². The maximum absolute atomic E-state index is 5.22. The lowest BCUT2D eigenvalue weighted by molar-refractivity contribution is 0.392. The molecule has 0 amide bonds. The van der Waals surface area contributed by atoms with Gasteiger partial charge in [0, 0.05) is 24.2 Å². The van der Waals surface area contributed by atoms with Crippen LogP contribution in [0.2, 0.25) is 0 Å². The van der Waals surface area contributed by atoms with Crippen LogP contribution in [0.15, 0.2) is 10.6 Å². The highest BCUT2D eigenvalue weighted by Gasteiger charge is 2.18. The monoisotopic (exact) mass is 343 g/mol. The molecule has 0 radical (unpaired) electrons. The van der Waals surface area contributed by atoms with Crippen LogP contribution in [0, 0.1) is 20.8 Å². The van der Waals surface area contributed by atoms with Gasteiger partial charge in [-0.05, 0) is 33.8 Å². The second-order valence-electron chi connectivity index (χ2n) is 5.68. The topological polar surface area (TPSA) is 86.9 Å². The second kappa shape index (κ2) is 5.52. The summed E-state index contributed by atoms with van der Waals surface area (Å²) in [6.07, 6.45) is 0.591. The van der Waals surface area contributed by atoms with E-state index in [1.807, 2.05) is 31.5 Å². The average Bonchev–Trinajstić information content (AvgIpc) is 3.28. The van der Waals surface area contributed by atoms with Crippen LogP contribution in [-0.2, 0) is 13.0 Å². The standard InChI is InChI=1S/C15H17N7OS/c1-5-21-8(2)6-12(18-21)14-19-22-13(16-17-15(22)24-14)7-11-9(3)20-23-10(11)4/h6H,5,7H2,1-4H3. The molecule has 4 aromatic heterocycles. The molecule has 24 heavy (non-hydrogen) atoms. The van der Waals surface area contributed by atoms with E-state index >= 15 is 0 Å². The Labute approximate surface area is 142 Å². The predicted molar refractivity (Wildman–Crippen MR) is 89.1 cm³/mol. The van der Waals surface area contributed by atoms with Crippen molar-refractivity contribution in [2.45, 2.75) is 40.7 Å². The third-order valence-electron chi connectivity index (χ3n) is 4.07. The molecule has 0 spiro atoms. The molecule has 0 N–H and O–H groups in total. The predicted octanol–water partition coefficient (Wildman–Crippen LogP) is 2.57. The normalized spacial score (nSPS) is 11.7. The smallest absolute Gasteiger partial charge is 0.235 e. The molecule has 0 aliphatic carbocycles. The third kappa shape index (κ3) is 2.32. The van der Waals surface area contributed by atoms with Crippen molar-refractivity contribution in [2.24, 2.45) is 0 Å². The highest BCUT2D eigenvalue weighted by molar-refractivity contribution is 7.19. The number of fused-ring (bicyclic) bond motifs is 1. The number of rotatable bonds is 4. The molecule has 9 heteroatoms. The van der Waals surface area contributed by atoms with Crippen molar-refractivity contribution in [1.82, 2.24) is 34.7 Å². The van der Waals surface area contributed by atoms with Crippen molar-refractivity contribution in [3.63, 3.8) is 0 Å². The molecule has 0 atom stereocenters. The van der Waals surface area contributed by atoms with Gasteiger partial charge in [0.25, 0.3) is 0 Å². The Hall–Kier alpha value is -2.55. The van der Waals surface area contributed by atoms with Gasteiger partial charge in [-0.15, -0.1) is 10.2 Å². The van der Waals surface area contributed by atoms with Gasteiger partial charge in [-0.2, -0.15) is 14.7 Å². The van der Waals surface area contributed by atoms with Crippen LogP contribution in [-0.4, -0.2) is 34.7 Å². The lowest BCUT2D eigenvalue weighted by Gasteiger charge is -1.96. The van der Waals surface area contributed by atoms with Crippen LogP contribution >= 0.6 is 11.3 Å². The lowest BCUT2D eigenvalue weighted by Crippen LogP contribution is -2.00. The lowest BCUT2D eigenvalue weighted by atomic mass is 10.1. The van der Waals surface area contributed by atoms with E-state index in [0.717, 1.165) is 50.7 Å².